The largest absolute Gasteiger partial charge is 0.481 e. The summed E-state index contributed by atoms with van der Waals surface area (Å²) < 4.78 is 0. The first-order valence-electron chi connectivity index (χ1n) is 2.83. The van der Waals surface area contributed by atoms with Crippen molar-refractivity contribution >= 4 is 5.97 Å². The van der Waals surface area contributed by atoms with Crippen LogP contribution in [0.4, 0.5) is 0 Å². The average Bonchev–Trinajstić information content (AvgIpc) is 1.80. The van der Waals surface area contributed by atoms with E-state index in [1.54, 1.807) is 6.08 Å². The number of carboxylic acids is 1. The predicted octanol–water partition coefficient (Wildman–Crippen LogP) is 1.58. The van der Waals surface area contributed by atoms with E-state index >= 15 is 0 Å². The van der Waals surface area contributed by atoms with E-state index in [9.17, 15) is 4.79 Å². The van der Waals surface area contributed by atoms with E-state index in [4.69, 9.17) is 5.11 Å². The molecule has 0 atom stereocenters. The van der Waals surface area contributed by atoms with Crippen molar-refractivity contribution in [3.63, 3.8) is 0 Å². The lowest BCUT2D eigenvalue weighted by molar-refractivity contribution is -0.137. The summed E-state index contributed by atoms with van der Waals surface area (Å²) in [6.45, 7) is 3.35. The molecule has 0 bridgehead atoms. The van der Waals surface area contributed by atoms with Gasteiger partial charge in [-0.2, -0.15) is 0 Å². The van der Waals surface area contributed by atoms with Gasteiger partial charge in [0.25, 0.3) is 0 Å². The molecule has 0 aromatic heterocycles. The molecular weight excluding hydrogens is 116 g/mol. The second kappa shape index (κ2) is 5.13. The predicted molar refractivity (Wildman–Crippen MR) is 35.2 cm³/mol. The van der Waals surface area contributed by atoms with Crippen LogP contribution >= 0.6 is 0 Å². The molecule has 0 amide bonds. The normalized spacial score (nSPS) is 8.00. The third-order valence-electron chi connectivity index (χ3n) is 0.883. The topological polar surface area (TPSA) is 37.3 Å². The van der Waals surface area contributed by atoms with E-state index < -0.39 is 5.97 Å². The molecule has 0 heterocycles. The number of aliphatic carboxylic acids is 1. The fourth-order valence-corrected chi connectivity index (χ4v) is 0.457. The molecule has 0 aliphatic carbocycles. The zero-order valence-corrected chi connectivity index (χ0v) is 5.26. The summed E-state index contributed by atoms with van der Waals surface area (Å²) in [5.74, 6) is -0.743. The van der Waals surface area contributed by atoms with Crippen LogP contribution in [0.2, 0.25) is 0 Å². The Morgan fingerprint density at radius 2 is 2.44 bits per heavy atom. The second-order valence-corrected chi connectivity index (χ2v) is 1.69. The smallest absolute Gasteiger partial charge is 0.303 e. The number of rotatable bonds is 4. The van der Waals surface area contributed by atoms with Gasteiger partial charge in [0, 0.05) is 6.42 Å². The zero-order valence-electron chi connectivity index (χ0n) is 5.26. The van der Waals surface area contributed by atoms with Crippen molar-refractivity contribution in [2.75, 3.05) is 0 Å². The Morgan fingerprint density at radius 3 is 2.89 bits per heavy atom. The molecule has 0 radical (unpaired) electrons. The molecule has 0 unspecified atom stereocenters. The third kappa shape index (κ3) is 6.99. The van der Waals surface area contributed by atoms with Gasteiger partial charge in [0.05, 0.1) is 0 Å². The highest BCUT2D eigenvalue weighted by molar-refractivity contribution is 5.66. The van der Waals surface area contributed by atoms with Crippen LogP contribution < -0.4 is 0 Å². The van der Waals surface area contributed by atoms with Crippen molar-refractivity contribution in [3.05, 3.63) is 18.4 Å². The summed E-state index contributed by atoms with van der Waals surface area (Å²) in [5.41, 5.74) is 2.57. The summed E-state index contributed by atoms with van der Waals surface area (Å²) >= 11 is 0. The van der Waals surface area contributed by atoms with Gasteiger partial charge in [-0.05, 0) is 18.9 Å². The zero-order chi connectivity index (χ0) is 7.11. The lowest BCUT2D eigenvalue weighted by atomic mass is 10.2. The van der Waals surface area contributed by atoms with Gasteiger partial charge in [0.1, 0.15) is 0 Å². The van der Waals surface area contributed by atoms with E-state index in [0.717, 1.165) is 6.42 Å². The molecule has 0 fully saturated rings. The van der Waals surface area contributed by atoms with Gasteiger partial charge in [0.15, 0.2) is 0 Å². The van der Waals surface area contributed by atoms with E-state index in [0.29, 0.717) is 6.42 Å². The number of unbranched alkanes of at least 4 members (excludes halogenated alkanes) is 1. The Hall–Kier alpha value is -1.01. The summed E-state index contributed by atoms with van der Waals surface area (Å²) in [5, 5.41) is 8.16. The molecular formula is C7H10O2. The number of hydrogen-bond donors (Lipinski definition) is 1. The molecule has 0 spiro atoms. The SMILES string of the molecule is C=C=CCCCC(=O)O. The van der Waals surface area contributed by atoms with E-state index in [2.05, 4.69) is 12.3 Å². The Bertz CT molecular complexity index is 130. The van der Waals surface area contributed by atoms with Crippen molar-refractivity contribution in [1.82, 2.24) is 0 Å². The standard InChI is InChI=1S/C7H10O2/c1-2-3-4-5-6-7(8)9/h3H,1,4-6H2,(H,8,9). The Morgan fingerprint density at radius 1 is 1.78 bits per heavy atom. The Balaban J connectivity index is 3.10. The fraction of sp³-hybridized carbons (Fsp3) is 0.429. The van der Waals surface area contributed by atoms with Crippen LogP contribution in [0.25, 0.3) is 0 Å². The Labute approximate surface area is 54.5 Å². The first-order chi connectivity index (χ1) is 4.27. The minimum atomic E-state index is -0.743. The van der Waals surface area contributed by atoms with Crippen LogP contribution in [0.15, 0.2) is 18.4 Å². The van der Waals surface area contributed by atoms with Gasteiger partial charge in [-0.25, -0.2) is 0 Å². The summed E-state index contributed by atoms with van der Waals surface area (Å²) in [6, 6.07) is 0. The molecule has 1 N–H and O–H groups in total. The van der Waals surface area contributed by atoms with Crippen molar-refractivity contribution in [1.29, 1.82) is 0 Å². The molecule has 0 aromatic rings. The van der Waals surface area contributed by atoms with Crippen LogP contribution in [0.5, 0.6) is 0 Å². The molecule has 0 saturated heterocycles. The first kappa shape index (κ1) is 7.99. The van der Waals surface area contributed by atoms with Gasteiger partial charge >= 0.3 is 5.97 Å². The minimum absolute atomic E-state index is 0.234. The van der Waals surface area contributed by atoms with Crippen molar-refractivity contribution in [2.24, 2.45) is 0 Å². The highest BCUT2D eigenvalue weighted by atomic mass is 16.4. The first-order valence-corrected chi connectivity index (χ1v) is 2.83. The van der Waals surface area contributed by atoms with Crippen molar-refractivity contribution in [3.8, 4) is 0 Å². The molecule has 0 saturated carbocycles. The molecule has 9 heavy (non-hydrogen) atoms. The highest BCUT2D eigenvalue weighted by Gasteiger charge is 1.92. The summed E-state index contributed by atoms with van der Waals surface area (Å²) in [6.07, 6.45) is 3.41. The van der Waals surface area contributed by atoms with Crippen LogP contribution in [-0.4, -0.2) is 11.1 Å². The van der Waals surface area contributed by atoms with Crippen LogP contribution in [-0.2, 0) is 4.79 Å². The average molecular weight is 126 g/mol. The van der Waals surface area contributed by atoms with Gasteiger partial charge in [-0.15, -0.1) is 5.73 Å². The summed E-state index contributed by atoms with van der Waals surface area (Å²) in [7, 11) is 0. The molecule has 0 aliphatic rings. The van der Waals surface area contributed by atoms with Crippen LogP contribution in [0.1, 0.15) is 19.3 Å². The van der Waals surface area contributed by atoms with Gasteiger partial charge in [0.2, 0.25) is 0 Å². The Kier molecular flexibility index (Phi) is 4.56. The second-order valence-electron chi connectivity index (χ2n) is 1.69. The maximum atomic E-state index is 9.91. The molecule has 50 valence electrons. The molecule has 0 rings (SSSR count). The highest BCUT2D eigenvalue weighted by Crippen LogP contribution is 1.94. The van der Waals surface area contributed by atoms with Gasteiger partial charge in [-0.1, -0.05) is 6.58 Å². The lowest BCUT2D eigenvalue weighted by Gasteiger charge is -1.87. The number of hydrogen-bond acceptors (Lipinski definition) is 1. The van der Waals surface area contributed by atoms with Crippen molar-refractivity contribution in [2.45, 2.75) is 19.3 Å². The maximum absolute atomic E-state index is 9.91. The van der Waals surface area contributed by atoms with Gasteiger partial charge < -0.3 is 5.11 Å². The van der Waals surface area contributed by atoms with Gasteiger partial charge in [-0.3, -0.25) is 4.79 Å². The fourth-order valence-electron chi connectivity index (χ4n) is 0.457. The van der Waals surface area contributed by atoms with E-state index in [1.807, 2.05) is 0 Å². The molecule has 2 nitrogen and oxygen atoms in total. The molecule has 2 heteroatoms. The number of carbonyl (C=O) groups is 1. The van der Waals surface area contributed by atoms with E-state index in [1.165, 1.54) is 0 Å². The quantitative estimate of drug-likeness (QED) is 0.458. The number of carboxylic acid groups (broad SMARTS) is 1. The lowest BCUT2D eigenvalue weighted by Crippen LogP contribution is -1.92. The monoisotopic (exact) mass is 126 g/mol. The van der Waals surface area contributed by atoms with Crippen molar-refractivity contribution < 1.29 is 9.90 Å². The maximum Gasteiger partial charge on any atom is 0.303 e. The minimum Gasteiger partial charge on any atom is -0.481 e. The summed E-state index contributed by atoms with van der Waals surface area (Å²) in [4.78, 5) is 9.91. The van der Waals surface area contributed by atoms with Crippen LogP contribution in [0, 0.1) is 0 Å². The van der Waals surface area contributed by atoms with Crippen LogP contribution in [0.3, 0.4) is 0 Å². The molecule has 0 aromatic carbocycles. The number of allylic oxidation sites excluding steroid dienone is 1. The van der Waals surface area contributed by atoms with E-state index in [-0.39, 0.29) is 6.42 Å². The molecule has 0 aliphatic heterocycles. The third-order valence-corrected chi connectivity index (χ3v) is 0.883.